The van der Waals surface area contributed by atoms with Crippen molar-refractivity contribution in [2.45, 2.75) is 41.5 Å². The summed E-state index contributed by atoms with van der Waals surface area (Å²) >= 11 is 1.91. The number of aryl methyl sites for hydroxylation is 6. The van der Waals surface area contributed by atoms with Crippen LogP contribution in [0.3, 0.4) is 0 Å². The van der Waals surface area contributed by atoms with Gasteiger partial charge in [0.25, 0.3) is 0 Å². The highest BCUT2D eigenvalue weighted by Crippen LogP contribution is 2.36. The molecule has 154 valence electrons. The summed E-state index contributed by atoms with van der Waals surface area (Å²) in [5.74, 6) is 0.968. The predicted molar refractivity (Wildman–Crippen MR) is 128 cm³/mol. The monoisotopic (exact) mass is 416 g/mol. The summed E-state index contributed by atoms with van der Waals surface area (Å²) in [5, 5.41) is 10.1. The SMILES string of the molecule is Cc1cc2sc3cc(C)c(C)cc3c2cc1C.Cc1ccco1.Cc1ccnnc1. The molecular weight excluding hydrogens is 388 g/mol. The summed E-state index contributed by atoms with van der Waals surface area (Å²) in [6.45, 7) is 12.7. The van der Waals surface area contributed by atoms with E-state index < -0.39 is 0 Å². The van der Waals surface area contributed by atoms with Crippen LogP contribution < -0.4 is 0 Å². The number of nitrogens with zero attached hydrogens (tertiary/aromatic N) is 2. The highest BCUT2D eigenvalue weighted by atomic mass is 32.1. The van der Waals surface area contributed by atoms with Crippen LogP contribution >= 0.6 is 11.3 Å². The van der Waals surface area contributed by atoms with Crippen molar-refractivity contribution < 1.29 is 4.42 Å². The van der Waals surface area contributed by atoms with Gasteiger partial charge in [0, 0.05) is 26.4 Å². The van der Waals surface area contributed by atoms with E-state index in [1.54, 1.807) is 18.7 Å². The van der Waals surface area contributed by atoms with Crippen molar-refractivity contribution in [2.24, 2.45) is 0 Å². The maximum Gasteiger partial charge on any atom is 0.100 e. The van der Waals surface area contributed by atoms with E-state index in [0.717, 1.165) is 11.3 Å². The van der Waals surface area contributed by atoms with E-state index >= 15 is 0 Å². The summed E-state index contributed by atoms with van der Waals surface area (Å²) in [4.78, 5) is 0. The molecule has 0 unspecified atom stereocenters. The normalized spacial score (nSPS) is 10.3. The molecule has 0 amide bonds. The zero-order valence-corrected chi connectivity index (χ0v) is 19.3. The molecule has 5 aromatic rings. The fraction of sp³-hybridized carbons (Fsp3) is 0.231. The third-order valence-electron chi connectivity index (χ3n) is 5.10. The molecule has 0 radical (unpaired) electrons. The quantitative estimate of drug-likeness (QED) is 0.260. The van der Waals surface area contributed by atoms with Gasteiger partial charge in [0.1, 0.15) is 5.76 Å². The summed E-state index contributed by atoms with van der Waals surface area (Å²) in [5.41, 5.74) is 6.69. The summed E-state index contributed by atoms with van der Waals surface area (Å²) in [6, 6.07) is 15.0. The Bertz CT molecular complexity index is 1180. The molecule has 2 aromatic carbocycles. The van der Waals surface area contributed by atoms with Crippen LogP contribution in [0.15, 0.2) is 65.5 Å². The van der Waals surface area contributed by atoms with Crippen molar-refractivity contribution in [1.82, 2.24) is 10.2 Å². The number of hydrogen-bond donors (Lipinski definition) is 0. The molecule has 0 atom stereocenters. The molecule has 3 heterocycles. The molecule has 0 bridgehead atoms. The maximum atomic E-state index is 4.83. The van der Waals surface area contributed by atoms with Crippen LogP contribution in [0.25, 0.3) is 20.2 Å². The third kappa shape index (κ3) is 5.33. The fourth-order valence-electron chi connectivity index (χ4n) is 3.01. The lowest BCUT2D eigenvalue weighted by atomic mass is 10.0. The van der Waals surface area contributed by atoms with E-state index in [2.05, 4.69) is 62.2 Å². The Kier molecular flexibility index (Phi) is 7.01. The van der Waals surface area contributed by atoms with Gasteiger partial charge in [-0.2, -0.15) is 10.2 Å². The smallest absolute Gasteiger partial charge is 0.100 e. The Hall–Kier alpha value is -2.98. The number of hydrogen-bond acceptors (Lipinski definition) is 4. The van der Waals surface area contributed by atoms with E-state index in [-0.39, 0.29) is 0 Å². The van der Waals surface area contributed by atoms with Crippen LogP contribution in [0.2, 0.25) is 0 Å². The Balaban J connectivity index is 0.000000161. The Morgan fingerprint density at radius 3 is 1.60 bits per heavy atom. The first-order valence-electron chi connectivity index (χ1n) is 9.99. The second-order valence-corrected chi connectivity index (χ2v) is 8.69. The molecule has 3 aromatic heterocycles. The lowest BCUT2D eigenvalue weighted by molar-refractivity contribution is 0.534. The first kappa shape index (κ1) is 21.7. The van der Waals surface area contributed by atoms with Gasteiger partial charge in [-0.3, -0.25) is 0 Å². The maximum absolute atomic E-state index is 4.83. The Morgan fingerprint density at radius 1 is 0.700 bits per heavy atom. The molecule has 0 saturated heterocycles. The van der Waals surface area contributed by atoms with Crippen molar-refractivity contribution >= 4 is 31.5 Å². The van der Waals surface area contributed by atoms with E-state index in [9.17, 15) is 0 Å². The second-order valence-electron chi connectivity index (χ2n) is 7.61. The molecule has 3 nitrogen and oxygen atoms in total. The second kappa shape index (κ2) is 9.68. The van der Waals surface area contributed by atoms with Crippen molar-refractivity contribution in [3.63, 3.8) is 0 Å². The topological polar surface area (TPSA) is 38.9 Å². The van der Waals surface area contributed by atoms with Gasteiger partial charge in [-0.1, -0.05) is 0 Å². The van der Waals surface area contributed by atoms with Crippen LogP contribution in [-0.4, -0.2) is 10.2 Å². The molecule has 4 heteroatoms. The Labute approximate surface area is 182 Å². The number of furan rings is 1. The molecule has 0 fully saturated rings. The van der Waals surface area contributed by atoms with Gasteiger partial charge >= 0.3 is 0 Å². The average molecular weight is 417 g/mol. The summed E-state index contributed by atoms with van der Waals surface area (Å²) in [6.07, 6.45) is 5.06. The first-order valence-corrected chi connectivity index (χ1v) is 10.8. The average Bonchev–Trinajstić information content (AvgIpc) is 3.31. The van der Waals surface area contributed by atoms with Gasteiger partial charge in [0.05, 0.1) is 12.5 Å². The minimum absolute atomic E-state index is 0.968. The first-order chi connectivity index (χ1) is 14.3. The van der Waals surface area contributed by atoms with E-state index in [4.69, 9.17) is 4.42 Å². The van der Waals surface area contributed by atoms with Gasteiger partial charge in [-0.15, -0.1) is 11.3 Å². The van der Waals surface area contributed by atoms with Gasteiger partial charge in [-0.05, 0) is 112 Å². The van der Waals surface area contributed by atoms with Gasteiger partial charge in [-0.25, -0.2) is 0 Å². The van der Waals surface area contributed by atoms with Gasteiger partial charge in [0.15, 0.2) is 0 Å². The van der Waals surface area contributed by atoms with E-state index in [0.29, 0.717) is 0 Å². The summed E-state index contributed by atoms with van der Waals surface area (Å²) < 4.78 is 7.65. The van der Waals surface area contributed by atoms with Gasteiger partial charge < -0.3 is 4.42 Å². The standard InChI is InChI=1S/C16H16S.C5H6N2.C5H6O/c1-9-5-13-14-6-10(2)12(4)8-16(14)17-15(13)7-11(9)3;1-5-2-3-6-7-4-5;1-5-3-2-4-6-5/h5-8H,1-4H3;2-4H,1H3;2-4H,1H3. The number of fused-ring (bicyclic) bond motifs is 3. The molecule has 0 aliphatic rings. The zero-order valence-electron chi connectivity index (χ0n) is 18.5. The van der Waals surface area contributed by atoms with Crippen LogP contribution in [0.1, 0.15) is 33.6 Å². The number of aromatic nitrogens is 2. The molecule has 0 saturated carbocycles. The lowest BCUT2D eigenvalue weighted by Crippen LogP contribution is -1.80. The minimum atomic E-state index is 0.968. The number of benzene rings is 2. The summed E-state index contributed by atoms with van der Waals surface area (Å²) in [7, 11) is 0. The highest BCUT2D eigenvalue weighted by Gasteiger charge is 2.08. The van der Waals surface area contributed by atoms with Crippen molar-refractivity contribution in [1.29, 1.82) is 0 Å². The minimum Gasteiger partial charge on any atom is -0.470 e. The molecule has 0 aliphatic heterocycles. The van der Waals surface area contributed by atoms with E-state index in [1.807, 2.05) is 43.4 Å². The van der Waals surface area contributed by atoms with Crippen LogP contribution in [-0.2, 0) is 0 Å². The molecule has 30 heavy (non-hydrogen) atoms. The van der Waals surface area contributed by atoms with Crippen LogP contribution in [0.4, 0.5) is 0 Å². The Morgan fingerprint density at radius 2 is 1.27 bits per heavy atom. The molecule has 0 N–H and O–H groups in total. The van der Waals surface area contributed by atoms with E-state index in [1.165, 1.54) is 42.4 Å². The fourth-order valence-corrected chi connectivity index (χ4v) is 4.27. The predicted octanol–water partition coefficient (Wildman–Crippen LogP) is 7.66. The van der Waals surface area contributed by atoms with Crippen LogP contribution in [0, 0.1) is 41.5 Å². The number of rotatable bonds is 0. The van der Waals surface area contributed by atoms with Crippen LogP contribution in [0.5, 0.6) is 0 Å². The van der Waals surface area contributed by atoms with Crippen molar-refractivity contribution in [2.75, 3.05) is 0 Å². The third-order valence-corrected chi connectivity index (χ3v) is 6.21. The van der Waals surface area contributed by atoms with Crippen molar-refractivity contribution in [3.05, 3.63) is 94.7 Å². The highest BCUT2D eigenvalue weighted by molar-refractivity contribution is 7.25. The lowest BCUT2D eigenvalue weighted by Gasteiger charge is -2.01. The van der Waals surface area contributed by atoms with Crippen molar-refractivity contribution in [3.8, 4) is 0 Å². The number of thiophene rings is 1. The zero-order chi connectivity index (χ0) is 21.7. The molecular formula is C26H28N2OS. The molecule has 5 rings (SSSR count). The largest absolute Gasteiger partial charge is 0.470 e. The molecule has 0 aliphatic carbocycles. The van der Waals surface area contributed by atoms with Gasteiger partial charge in [0.2, 0.25) is 0 Å². The molecule has 0 spiro atoms.